The van der Waals surface area contributed by atoms with E-state index in [1.165, 1.54) is 7.11 Å². The minimum absolute atomic E-state index is 0.0313. The molecular weight excluding hydrogens is 416 g/mol. The fraction of sp³-hybridized carbons (Fsp3) is 0.250. The molecule has 164 valence electrons. The molecule has 0 aliphatic carbocycles. The molecule has 1 aliphatic rings. The summed E-state index contributed by atoms with van der Waals surface area (Å²) in [6.45, 7) is 1.66. The molecule has 2 heterocycles. The van der Waals surface area contributed by atoms with Crippen LogP contribution < -0.4 is 31.6 Å². The van der Waals surface area contributed by atoms with Gasteiger partial charge in [0.25, 0.3) is 0 Å². The van der Waals surface area contributed by atoms with Gasteiger partial charge in [-0.3, -0.25) is 5.32 Å². The number of esters is 1. The number of nitrogens with one attached hydrogen (secondary N) is 2. The Morgan fingerprint density at radius 3 is 2.75 bits per heavy atom. The summed E-state index contributed by atoms with van der Waals surface area (Å²) in [4.78, 5) is 20.3. The molecular formula is C20H20N8O4. The summed E-state index contributed by atoms with van der Waals surface area (Å²) >= 11 is 0. The predicted octanol–water partition coefficient (Wildman–Crippen LogP) is 1.01. The third-order valence-corrected chi connectivity index (χ3v) is 4.51. The van der Waals surface area contributed by atoms with Crippen molar-refractivity contribution in [1.82, 2.24) is 10.3 Å². The van der Waals surface area contributed by atoms with E-state index in [4.69, 9.17) is 30.9 Å². The molecule has 1 unspecified atom stereocenters. The van der Waals surface area contributed by atoms with Gasteiger partial charge >= 0.3 is 5.97 Å². The summed E-state index contributed by atoms with van der Waals surface area (Å²) in [5.74, 6) is 0.482. The lowest BCUT2D eigenvalue weighted by atomic mass is 9.95. The van der Waals surface area contributed by atoms with Crippen LogP contribution in [-0.2, 0) is 9.53 Å². The molecule has 1 aromatic heterocycles. The molecule has 12 heteroatoms. The summed E-state index contributed by atoms with van der Waals surface area (Å²) in [6, 6.07) is 6.15. The van der Waals surface area contributed by atoms with Crippen molar-refractivity contribution in [2.24, 2.45) is 4.99 Å². The van der Waals surface area contributed by atoms with E-state index in [-0.39, 0.29) is 42.1 Å². The average Bonchev–Trinajstić information content (AvgIpc) is 2.77. The molecule has 0 saturated heterocycles. The molecule has 0 fully saturated rings. The Bertz CT molecular complexity index is 1170. The van der Waals surface area contributed by atoms with Crippen LogP contribution in [-0.4, -0.2) is 37.2 Å². The van der Waals surface area contributed by atoms with Crippen LogP contribution in [0.1, 0.15) is 29.7 Å². The minimum atomic E-state index is -0.740. The molecule has 1 aromatic carbocycles. The summed E-state index contributed by atoms with van der Waals surface area (Å²) in [5, 5.41) is 23.7. The molecule has 0 bridgehead atoms. The average molecular weight is 436 g/mol. The number of carbonyl (C=O) groups excluding carboxylic acids is 1. The van der Waals surface area contributed by atoms with Crippen molar-refractivity contribution in [1.29, 1.82) is 10.5 Å². The molecule has 1 aliphatic heterocycles. The molecule has 0 saturated carbocycles. The van der Waals surface area contributed by atoms with Crippen molar-refractivity contribution in [2.45, 2.75) is 13.0 Å². The van der Waals surface area contributed by atoms with Crippen LogP contribution in [0.15, 0.2) is 23.2 Å². The zero-order valence-corrected chi connectivity index (χ0v) is 17.3. The second-order valence-corrected chi connectivity index (χ2v) is 6.41. The SMILES string of the molecule is CCOC(=O)COc1ccc(C2N=C(NC#N)Nc3nc(N)c(C#N)c(N)c32)cc1OC. The minimum Gasteiger partial charge on any atom is -0.493 e. The van der Waals surface area contributed by atoms with Crippen LogP contribution in [0.3, 0.4) is 0 Å². The van der Waals surface area contributed by atoms with E-state index in [2.05, 4.69) is 20.6 Å². The Labute approximate surface area is 183 Å². The highest BCUT2D eigenvalue weighted by Gasteiger charge is 2.30. The number of pyridine rings is 1. The molecule has 12 nitrogen and oxygen atoms in total. The smallest absolute Gasteiger partial charge is 0.344 e. The summed E-state index contributed by atoms with van der Waals surface area (Å²) < 4.78 is 15.7. The predicted molar refractivity (Wildman–Crippen MR) is 115 cm³/mol. The number of nitriles is 2. The Balaban J connectivity index is 2.05. The molecule has 0 spiro atoms. The standard InChI is InChI=1S/C20H20N8O4/c1-3-31-14(29)8-32-12-5-4-10(6-13(12)30-2)17-15-16(23)11(7-21)18(24)27-19(15)28-20(26-17)25-9-22/h4-6,17H,3,8H2,1-2H3,(H6,23,24,25,26,27,28). The van der Waals surface area contributed by atoms with E-state index in [0.717, 1.165) is 0 Å². The first-order valence-corrected chi connectivity index (χ1v) is 9.38. The first-order valence-electron chi connectivity index (χ1n) is 9.38. The van der Waals surface area contributed by atoms with E-state index in [0.29, 0.717) is 22.6 Å². The molecule has 1 atom stereocenters. The Hall–Kier alpha value is -4.71. The quantitative estimate of drug-likeness (QED) is 0.287. The zero-order valence-electron chi connectivity index (χ0n) is 17.3. The summed E-state index contributed by atoms with van der Waals surface area (Å²) in [6.07, 6.45) is 1.79. The van der Waals surface area contributed by atoms with E-state index in [1.807, 2.05) is 6.07 Å². The molecule has 6 N–H and O–H groups in total. The maximum absolute atomic E-state index is 11.6. The number of benzene rings is 1. The third kappa shape index (κ3) is 4.24. The van der Waals surface area contributed by atoms with Gasteiger partial charge in [0.15, 0.2) is 24.3 Å². The van der Waals surface area contributed by atoms with Gasteiger partial charge in [0.05, 0.1) is 19.4 Å². The highest BCUT2D eigenvalue weighted by atomic mass is 16.6. The van der Waals surface area contributed by atoms with E-state index < -0.39 is 12.0 Å². The van der Waals surface area contributed by atoms with E-state index in [9.17, 15) is 10.1 Å². The number of guanidine groups is 1. The maximum Gasteiger partial charge on any atom is 0.344 e. The van der Waals surface area contributed by atoms with Crippen LogP contribution in [0, 0.1) is 22.8 Å². The Morgan fingerprint density at radius 2 is 2.09 bits per heavy atom. The van der Waals surface area contributed by atoms with Crippen LogP contribution >= 0.6 is 0 Å². The van der Waals surface area contributed by atoms with Gasteiger partial charge < -0.3 is 31.0 Å². The second kappa shape index (κ2) is 9.40. The van der Waals surface area contributed by atoms with Gasteiger partial charge in [-0.05, 0) is 24.6 Å². The largest absolute Gasteiger partial charge is 0.493 e. The Kier molecular flexibility index (Phi) is 6.46. The first kappa shape index (κ1) is 22.0. The number of hydrogen-bond acceptors (Lipinski definition) is 12. The summed E-state index contributed by atoms with van der Waals surface area (Å²) in [5.41, 5.74) is 13.3. The maximum atomic E-state index is 11.6. The van der Waals surface area contributed by atoms with Gasteiger partial charge in [-0.25, -0.2) is 14.8 Å². The van der Waals surface area contributed by atoms with Gasteiger partial charge in [-0.15, -0.1) is 0 Å². The fourth-order valence-corrected chi connectivity index (χ4v) is 3.13. The number of anilines is 3. The molecule has 0 amide bonds. The van der Waals surface area contributed by atoms with Crippen molar-refractivity contribution in [3.8, 4) is 23.8 Å². The van der Waals surface area contributed by atoms with Crippen molar-refractivity contribution in [2.75, 3.05) is 37.1 Å². The van der Waals surface area contributed by atoms with Gasteiger partial charge in [-0.1, -0.05) is 6.07 Å². The lowest BCUT2D eigenvalue weighted by Gasteiger charge is -2.26. The van der Waals surface area contributed by atoms with Crippen molar-refractivity contribution >= 4 is 29.3 Å². The normalized spacial score (nSPS) is 14.0. The van der Waals surface area contributed by atoms with Crippen LogP contribution in [0.4, 0.5) is 17.3 Å². The fourth-order valence-electron chi connectivity index (χ4n) is 3.13. The van der Waals surface area contributed by atoms with Crippen LogP contribution in [0.2, 0.25) is 0 Å². The monoisotopic (exact) mass is 436 g/mol. The highest BCUT2D eigenvalue weighted by molar-refractivity contribution is 5.98. The van der Waals surface area contributed by atoms with Gasteiger partial charge in [0, 0.05) is 5.56 Å². The molecule has 32 heavy (non-hydrogen) atoms. The molecule has 0 radical (unpaired) electrons. The van der Waals surface area contributed by atoms with Gasteiger partial charge in [0.1, 0.15) is 29.3 Å². The third-order valence-electron chi connectivity index (χ3n) is 4.51. The number of ether oxygens (including phenoxy) is 3. The van der Waals surface area contributed by atoms with Crippen molar-refractivity contribution in [3.05, 3.63) is 34.9 Å². The topological polar surface area (TPSA) is 194 Å². The number of fused-ring (bicyclic) bond motifs is 1. The number of carbonyl (C=O) groups is 1. The number of rotatable bonds is 6. The lowest BCUT2D eigenvalue weighted by Crippen LogP contribution is -2.32. The number of methoxy groups -OCH3 is 1. The molecule has 2 aromatic rings. The van der Waals surface area contributed by atoms with Gasteiger partial charge in [-0.2, -0.15) is 10.5 Å². The van der Waals surface area contributed by atoms with Crippen LogP contribution in [0.5, 0.6) is 11.5 Å². The summed E-state index contributed by atoms with van der Waals surface area (Å²) in [7, 11) is 1.45. The second-order valence-electron chi connectivity index (χ2n) is 6.41. The number of hydrogen-bond donors (Lipinski definition) is 4. The van der Waals surface area contributed by atoms with Crippen molar-refractivity contribution in [3.63, 3.8) is 0 Å². The lowest BCUT2D eigenvalue weighted by molar-refractivity contribution is -0.145. The number of aromatic nitrogens is 1. The number of nitrogens with zero attached hydrogens (tertiary/aromatic N) is 4. The number of nitrogen functional groups attached to an aromatic ring is 2. The highest BCUT2D eigenvalue weighted by Crippen LogP contribution is 2.42. The molecule has 3 rings (SSSR count). The number of nitrogens with two attached hydrogens (primary N) is 2. The van der Waals surface area contributed by atoms with Crippen molar-refractivity contribution < 1.29 is 19.0 Å². The zero-order chi connectivity index (χ0) is 23.3. The Morgan fingerprint density at radius 1 is 1.31 bits per heavy atom. The van der Waals surface area contributed by atoms with E-state index in [1.54, 1.807) is 31.3 Å². The number of aliphatic imine (C=N–C) groups is 1. The van der Waals surface area contributed by atoms with E-state index >= 15 is 0 Å². The van der Waals surface area contributed by atoms with Gasteiger partial charge in [0.2, 0.25) is 5.96 Å². The first-order chi connectivity index (χ1) is 15.4. The van der Waals surface area contributed by atoms with Crippen LogP contribution in [0.25, 0.3) is 0 Å².